The average Bonchev–Trinajstić information content (AvgIpc) is 3.02. The number of rotatable bonds is 1. The van der Waals surface area contributed by atoms with E-state index in [0.717, 1.165) is 4.90 Å². The van der Waals surface area contributed by atoms with Crippen LogP contribution in [0.4, 0.5) is 13.6 Å². The molecule has 0 spiro atoms. The Balaban J connectivity index is 1.87. The SMILES string of the molecule is O=C(O)N1CCc2cc(F)c(-c3ncc4[nH]ncc4n3)c(F)c2C1. The van der Waals surface area contributed by atoms with Crippen LogP contribution in [0.2, 0.25) is 0 Å². The zero-order valence-corrected chi connectivity index (χ0v) is 12.3. The molecule has 0 bridgehead atoms. The van der Waals surface area contributed by atoms with Crippen LogP contribution in [-0.4, -0.2) is 42.8 Å². The second kappa shape index (κ2) is 5.22. The number of halogens is 2. The van der Waals surface area contributed by atoms with Gasteiger partial charge in [0.2, 0.25) is 0 Å². The summed E-state index contributed by atoms with van der Waals surface area (Å²) in [7, 11) is 0. The number of nitrogens with zero attached hydrogens (tertiary/aromatic N) is 4. The Kier molecular flexibility index (Phi) is 3.15. The molecule has 3 aromatic rings. The second-order valence-electron chi connectivity index (χ2n) is 5.50. The molecule has 3 heterocycles. The summed E-state index contributed by atoms with van der Waals surface area (Å²) in [6.45, 7) is 0.0791. The zero-order valence-electron chi connectivity index (χ0n) is 12.3. The fraction of sp³-hybridized carbons (Fsp3) is 0.200. The molecule has 0 saturated carbocycles. The molecule has 1 amide bonds. The maximum absolute atomic E-state index is 14.9. The molecule has 0 radical (unpaired) electrons. The summed E-state index contributed by atoms with van der Waals surface area (Å²) in [6.07, 6.45) is 1.95. The molecule has 2 N–H and O–H groups in total. The van der Waals surface area contributed by atoms with Crippen LogP contribution < -0.4 is 0 Å². The van der Waals surface area contributed by atoms with Crippen molar-refractivity contribution in [3.05, 3.63) is 41.2 Å². The normalized spacial score (nSPS) is 14.0. The lowest BCUT2D eigenvalue weighted by molar-refractivity contribution is 0.139. The number of amides is 1. The van der Waals surface area contributed by atoms with E-state index in [-0.39, 0.29) is 36.5 Å². The molecule has 0 unspecified atom stereocenters. The number of hydrogen-bond donors (Lipinski definition) is 2. The van der Waals surface area contributed by atoms with Crippen molar-refractivity contribution in [1.82, 2.24) is 25.1 Å². The highest BCUT2D eigenvalue weighted by atomic mass is 19.1. The first-order valence-electron chi connectivity index (χ1n) is 7.18. The molecule has 122 valence electrons. The van der Waals surface area contributed by atoms with Crippen LogP contribution in [-0.2, 0) is 13.0 Å². The molecule has 9 heteroatoms. The lowest BCUT2D eigenvalue weighted by Gasteiger charge is -2.27. The van der Waals surface area contributed by atoms with Gasteiger partial charge in [-0.1, -0.05) is 0 Å². The molecule has 4 rings (SSSR count). The van der Waals surface area contributed by atoms with Crippen LogP contribution in [0.25, 0.3) is 22.4 Å². The van der Waals surface area contributed by atoms with E-state index in [9.17, 15) is 13.6 Å². The number of hydrogen-bond acceptors (Lipinski definition) is 4. The van der Waals surface area contributed by atoms with Gasteiger partial charge in [0.1, 0.15) is 22.7 Å². The number of carboxylic acid groups (broad SMARTS) is 1. The molecule has 1 aromatic carbocycles. The number of fused-ring (bicyclic) bond motifs is 2. The van der Waals surface area contributed by atoms with E-state index in [1.165, 1.54) is 18.5 Å². The van der Waals surface area contributed by atoms with Gasteiger partial charge in [0.05, 0.1) is 24.5 Å². The van der Waals surface area contributed by atoms with E-state index >= 15 is 0 Å². The van der Waals surface area contributed by atoms with Crippen LogP contribution in [0.5, 0.6) is 0 Å². The zero-order chi connectivity index (χ0) is 16.8. The van der Waals surface area contributed by atoms with Crippen molar-refractivity contribution >= 4 is 17.1 Å². The van der Waals surface area contributed by atoms with Crippen molar-refractivity contribution in [3.63, 3.8) is 0 Å². The Morgan fingerprint density at radius 3 is 2.96 bits per heavy atom. The van der Waals surface area contributed by atoms with Crippen LogP contribution in [0, 0.1) is 11.6 Å². The number of carbonyl (C=O) groups is 1. The molecule has 0 aliphatic carbocycles. The molecule has 24 heavy (non-hydrogen) atoms. The third kappa shape index (κ3) is 2.16. The van der Waals surface area contributed by atoms with Crippen molar-refractivity contribution < 1.29 is 18.7 Å². The highest BCUT2D eigenvalue weighted by Gasteiger charge is 2.28. The van der Waals surface area contributed by atoms with E-state index in [4.69, 9.17) is 5.11 Å². The predicted molar refractivity (Wildman–Crippen MR) is 79.2 cm³/mol. The van der Waals surface area contributed by atoms with Crippen molar-refractivity contribution in [1.29, 1.82) is 0 Å². The molecular weight excluding hydrogens is 320 g/mol. The summed E-state index contributed by atoms with van der Waals surface area (Å²) in [5.41, 5.74) is 1.26. The van der Waals surface area contributed by atoms with Crippen molar-refractivity contribution in [2.75, 3.05) is 6.54 Å². The van der Waals surface area contributed by atoms with E-state index in [2.05, 4.69) is 20.2 Å². The highest BCUT2D eigenvalue weighted by molar-refractivity contribution is 5.75. The monoisotopic (exact) mass is 331 g/mol. The van der Waals surface area contributed by atoms with Gasteiger partial charge in [-0.3, -0.25) is 5.10 Å². The van der Waals surface area contributed by atoms with Crippen molar-refractivity contribution in [2.45, 2.75) is 13.0 Å². The first-order chi connectivity index (χ1) is 11.5. The summed E-state index contributed by atoms with van der Waals surface area (Å²) >= 11 is 0. The predicted octanol–water partition coefficient (Wildman–Crippen LogP) is 2.33. The number of H-pyrrole nitrogens is 1. The number of benzene rings is 1. The Morgan fingerprint density at radius 1 is 1.33 bits per heavy atom. The smallest absolute Gasteiger partial charge is 0.407 e. The number of aromatic amines is 1. The Bertz CT molecular complexity index is 972. The third-order valence-electron chi connectivity index (χ3n) is 4.10. The summed E-state index contributed by atoms with van der Waals surface area (Å²) in [5.74, 6) is -1.69. The maximum atomic E-state index is 14.9. The van der Waals surface area contributed by atoms with Gasteiger partial charge < -0.3 is 10.0 Å². The van der Waals surface area contributed by atoms with E-state index in [1.54, 1.807) is 0 Å². The van der Waals surface area contributed by atoms with E-state index in [0.29, 0.717) is 16.6 Å². The summed E-state index contributed by atoms with van der Waals surface area (Å²) in [4.78, 5) is 20.3. The fourth-order valence-corrected chi connectivity index (χ4v) is 2.86. The van der Waals surface area contributed by atoms with Gasteiger partial charge in [-0.25, -0.2) is 23.5 Å². The summed E-state index contributed by atoms with van der Waals surface area (Å²) < 4.78 is 29.3. The second-order valence-corrected chi connectivity index (χ2v) is 5.50. The Labute approximate surface area is 134 Å². The molecular formula is C15H11F2N5O2. The topological polar surface area (TPSA) is 95.0 Å². The molecule has 7 nitrogen and oxygen atoms in total. The lowest BCUT2D eigenvalue weighted by atomic mass is 9.96. The van der Waals surface area contributed by atoms with Gasteiger partial charge >= 0.3 is 6.09 Å². The number of aromatic nitrogens is 4. The first kappa shape index (κ1) is 14.5. The highest BCUT2D eigenvalue weighted by Crippen LogP contribution is 2.32. The van der Waals surface area contributed by atoms with Gasteiger partial charge in [-0.05, 0) is 18.1 Å². The van der Waals surface area contributed by atoms with E-state index < -0.39 is 17.7 Å². The molecule has 2 aromatic heterocycles. The summed E-state index contributed by atoms with van der Waals surface area (Å²) in [6, 6.07) is 1.23. The van der Waals surface area contributed by atoms with Crippen LogP contribution in [0.3, 0.4) is 0 Å². The van der Waals surface area contributed by atoms with Gasteiger partial charge in [0, 0.05) is 12.1 Å². The quantitative estimate of drug-likeness (QED) is 0.713. The van der Waals surface area contributed by atoms with E-state index in [1.807, 2.05) is 0 Å². The van der Waals surface area contributed by atoms with Crippen molar-refractivity contribution in [3.8, 4) is 11.4 Å². The fourth-order valence-electron chi connectivity index (χ4n) is 2.86. The van der Waals surface area contributed by atoms with Crippen molar-refractivity contribution in [2.24, 2.45) is 0 Å². The molecule has 1 aliphatic rings. The Hall–Kier alpha value is -3.10. The molecule has 0 saturated heterocycles. The largest absolute Gasteiger partial charge is 0.465 e. The average molecular weight is 331 g/mol. The maximum Gasteiger partial charge on any atom is 0.407 e. The van der Waals surface area contributed by atoms with Gasteiger partial charge in [0.15, 0.2) is 5.82 Å². The Morgan fingerprint density at radius 2 is 2.17 bits per heavy atom. The van der Waals surface area contributed by atoms with Crippen LogP contribution >= 0.6 is 0 Å². The van der Waals surface area contributed by atoms with Crippen LogP contribution in [0.1, 0.15) is 11.1 Å². The van der Waals surface area contributed by atoms with Gasteiger partial charge in [0.25, 0.3) is 0 Å². The summed E-state index contributed by atoms with van der Waals surface area (Å²) in [5, 5.41) is 15.5. The molecule has 0 atom stereocenters. The molecule has 0 fully saturated rings. The van der Waals surface area contributed by atoms with Gasteiger partial charge in [-0.15, -0.1) is 0 Å². The molecule has 1 aliphatic heterocycles. The first-order valence-corrected chi connectivity index (χ1v) is 7.18. The minimum Gasteiger partial charge on any atom is -0.465 e. The lowest BCUT2D eigenvalue weighted by Crippen LogP contribution is -2.35. The standard InChI is InChI=1S/C15H11F2N5O2/c16-9-3-7-1-2-22(15(23)24)6-8(7)13(17)12(9)14-18-4-11-10(20-14)5-19-21-11/h3-5H,1-2,6H2,(H,19,21)(H,23,24). The minimum absolute atomic E-state index is 0.103. The van der Waals surface area contributed by atoms with Crippen LogP contribution in [0.15, 0.2) is 18.5 Å². The van der Waals surface area contributed by atoms with Gasteiger partial charge in [-0.2, -0.15) is 5.10 Å². The third-order valence-corrected chi connectivity index (χ3v) is 4.10. The number of nitrogens with one attached hydrogen (secondary N) is 1. The minimum atomic E-state index is -1.14.